The Hall–Kier alpha value is -4.60. The number of fused-ring (bicyclic) bond motifs is 1. The summed E-state index contributed by atoms with van der Waals surface area (Å²) in [6, 6.07) is 2.85. The summed E-state index contributed by atoms with van der Waals surface area (Å²) in [5.74, 6) is 4.23. The Morgan fingerprint density at radius 3 is 2.32 bits per heavy atom. The molecule has 1 aliphatic heterocycles. The first kappa shape index (κ1) is 30.8. The SMILES string of the molecule is CN(C(=O)OC(C)(C)C)c1c(C(N)=O)c(C#Cc2cc3ncn(C4CC4)c3cc2F)nn1[C@H]1CCN(C(=O)OC(C)(C)C)C1. The lowest BCUT2D eigenvalue weighted by Crippen LogP contribution is -2.37. The van der Waals surface area contributed by atoms with Gasteiger partial charge in [0.2, 0.25) is 0 Å². The van der Waals surface area contributed by atoms with Crippen LogP contribution in [-0.4, -0.2) is 73.7 Å². The first-order chi connectivity index (χ1) is 20.5. The summed E-state index contributed by atoms with van der Waals surface area (Å²) in [5, 5.41) is 4.60. The highest BCUT2D eigenvalue weighted by Crippen LogP contribution is 2.37. The third-order valence-electron chi connectivity index (χ3n) is 7.20. The molecule has 44 heavy (non-hydrogen) atoms. The minimum absolute atomic E-state index is 0.0402. The van der Waals surface area contributed by atoms with E-state index in [-0.39, 0.29) is 29.2 Å². The zero-order valence-electron chi connectivity index (χ0n) is 26.1. The van der Waals surface area contributed by atoms with Gasteiger partial charge in [-0.05, 0) is 72.8 Å². The molecule has 1 aromatic carbocycles. The van der Waals surface area contributed by atoms with Gasteiger partial charge in [-0.1, -0.05) is 5.92 Å². The van der Waals surface area contributed by atoms with Gasteiger partial charge in [0, 0.05) is 32.2 Å². The van der Waals surface area contributed by atoms with Gasteiger partial charge in [-0.3, -0.25) is 9.69 Å². The van der Waals surface area contributed by atoms with E-state index in [0.717, 1.165) is 17.7 Å². The van der Waals surface area contributed by atoms with Crippen molar-refractivity contribution in [2.45, 2.75) is 84.1 Å². The van der Waals surface area contributed by atoms with Crippen LogP contribution in [0.4, 0.5) is 19.8 Å². The number of benzene rings is 1. The van der Waals surface area contributed by atoms with Crippen molar-refractivity contribution in [3.8, 4) is 11.8 Å². The van der Waals surface area contributed by atoms with Crippen LogP contribution in [0.2, 0.25) is 0 Å². The van der Waals surface area contributed by atoms with Crippen molar-refractivity contribution in [2.75, 3.05) is 25.0 Å². The smallest absolute Gasteiger partial charge is 0.415 e. The molecule has 12 nitrogen and oxygen atoms in total. The Bertz CT molecular complexity index is 1700. The number of rotatable bonds is 4. The van der Waals surface area contributed by atoms with Crippen LogP contribution in [0.5, 0.6) is 0 Å². The number of hydrogen-bond acceptors (Lipinski definition) is 7. The molecule has 1 atom stereocenters. The number of amides is 3. The van der Waals surface area contributed by atoms with Gasteiger partial charge >= 0.3 is 12.2 Å². The van der Waals surface area contributed by atoms with Crippen LogP contribution in [0.1, 0.15) is 94.5 Å². The van der Waals surface area contributed by atoms with Gasteiger partial charge in [-0.25, -0.2) is 23.6 Å². The molecular weight excluding hydrogens is 569 g/mol. The van der Waals surface area contributed by atoms with Crippen LogP contribution in [0, 0.1) is 17.7 Å². The topological polar surface area (TPSA) is 138 Å². The van der Waals surface area contributed by atoms with Crippen LogP contribution in [0.25, 0.3) is 11.0 Å². The van der Waals surface area contributed by atoms with Gasteiger partial charge in [-0.15, -0.1) is 0 Å². The van der Waals surface area contributed by atoms with Gasteiger partial charge in [0.05, 0.1) is 29.0 Å². The summed E-state index contributed by atoms with van der Waals surface area (Å²) in [6.07, 6.45) is 2.99. The van der Waals surface area contributed by atoms with E-state index in [1.165, 1.54) is 22.7 Å². The Balaban J connectivity index is 1.55. The Morgan fingerprint density at radius 2 is 1.70 bits per heavy atom. The molecule has 3 amide bonds. The number of anilines is 1. The minimum Gasteiger partial charge on any atom is -0.444 e. The van der Waals surface area contributed by atoms with Crippen molar-refractivity contribution in [3.05, 3.63) is 41.1 Å². The maximum absolute atomic E-state index is 15.2. The van der Waals surface area contributed by atoms with Crippen molar-refractivity contribution in [3.63, 3.8) is 0 Å². The van der Waals surface area contributed by atoms with Crippen molar-refractivity contribution in [1.82, 2.24) is 24.2 Å². The maximum atomic E-state index is 15.2. The third kappa shape index (κ3) is 6.49. The highest BCUT2D eigenvalue weighted by molar-refractivity contribution is 6.03. The van der Waals surface area contributed by atoms with E-state index in [1.54, 1.807) is 53.9 Å². The molecule has 234 valence electrons. The van der Waals surface area contributed by atoms with Crippen LogP contribution >= 0.6 is 0 Å². The van der Waals surface area contributed by atoms with E-state index in [1.807, 2.05) is 4.57 Å². The quantitative estimate of drug-likeness (QED) is 0.422. The number of likely N-dealkylation sites (tertiary alicyclic amines) is 1. The standard InChI is InChI=1S/C31H38FN7O5/c1-30(2,3)43-28(41)36(7)27-25(26(33)40)22(35-39(27)20-12-13-37(16-20)29(42)44-31(4,5)6)11-8-18-14-23-24(15-21(18)32)38(17-34-23)19-9-10-19/h14-15,17,19-20H,9-10,12-13,16H2,1-7H3,(H2,33,40)/t20-/m0/s1. The number of imidazole rings is 1. The summed E-state index contributed by atoms with van der Waals surface area (Å²) in [4.78, 5) is 45.9. The number of halogens is 1. The van der Waals surface area contributed by atoms with Gasteiger partial charge < -0.3 is 24.7 Å². The number of nitrogens with zero attached hydrogens (tertiary/aromatic N) is 6. The van der Waals surface area contributed by atoms with Gasteiger partial charge in [0.1, 0.15) is 22.6 Å². The molecular formula is C31H38FN7O5. The molecule has 3 heterocycles. The van der Waals surface area contributed by atoms with E-state index in [4.69, 9.17) is 15.2 Å². The average molecular weight is 608 g/mol. The lowest BCUT2D eigenvalue weighted by molar-refractivity contribution is 0.0287. The number of carbonyl (C=O) groups is 3. The summed E-state index contributed by atoms with van der Waals surface area (Å²) in [5.41, 5.74) is 5.53. The molecule has 1 saturated carbocycles. The number of nitrogens with two attached hydrogens (primary N) is 1. The number of aromatic nitrogens is 4. The Kier molecular flexibility index (Phi) is 7.82. The van der Waals surface area contributed by atoms with Gasteiger partial charge in [0.15, 0.2) is 11.5 Å². The molecule has 0 bridgehead atoms. The number of carbonyl (C=O) groups excluding carboxylic acids is 3. The second-order valence-electron chi connectivity index (χ2n) is 13.2. The van der Waals surface area contributed by atoms with Gasteiger partial charge in [0.25, 0.3) is 5.91 Å². The van der Waals surface area contributed by atoms with Crippen LogP contribution in [0.3, 0.4) is 0 Å². The summed E-state index contributed by atoms with van der Waals surface area (Å²) in [7, 11) is 1.44. The van der Waals surface area contributed by atoms with E-state index < -0.39 is 41.2 Å². The minimum atomic E-state index is -0.882. The zero-order chi connectivity index (χ0) is 32.1. The fraction of sp³-hybridized carbons (Fsp3) is 0.516. The van der Waals surface area contributed by atoms with E-state index >= 15 is 4.39 Å². The fourth-order valence-electron chi connectivity index (χ4n) is 5.08. The lowest BCUT2D eigenvalue weighted by atomic mass is 10.1. The van der Waals surface area contributed by atoms with E-state index in [9.17, 15) is 14.4 Å². The van der Waals surface area contributed by atoms with Crippen LogP contribution in [-0.2, 0) is 9.47 Å². The molecule has 3 aromatic rings. The van der Waals surface area contributed by atoms with E-state index in [0.29, 0.717) is 30.0 Å². The van der Waals surface area contributed by atoms with Crippen LogP contribution < -0.4 is 10.6 Å². The normalized spacial score (nSPS) is 16.9. The largest absolute Gasteiger partial charge is 0.444 e. The fourth-order valence-corrected chi connectivity index (χ4v) is 5.08. The third-order valence-corrected chi connectivity index (χ3v) is 7.20. The van der Waals surface area contributed by atoms with Crippen LogP contribution in [0.15, 0.2) is 18.5 Å². The van der Waals surface area contributed by atoms with Crippen molar-refractivity contribution < 1.29 is 28.2 Å². The lowest BCUT2D eigenvalue weighted by Gasteiger charge is -2.27. The Morgan fingerprint density at radius 1 is 1.02 bits per heavy atom. The summed E-state index contributed by atoms with van der Waals surface area (Å²) >= 11 is 0. The maximum Gasteiger partial charge on any atom is 0.415 e. The number of primary amides is 1. The monoisotopic (exact) mass is 607 g/mol. The number of hydrogen-bond donors (Lipinski definition) is 1. The predicted molar refractivity (Wildman–Crippen MR) is 161 cm³/mol. The highest BCUT2D eigenvalue weighted by atomic mass is 19.1. The van der Waals surface area contributed by atoms with Crippen molar-refractivity contribution >= 4 is 34.9 Å². The molecule has 13 heteroatoms. The number of ether oxygens (including phenoxy) is 2. The Labute approximate surface area is 255 Å². The molecule has 2 aliphatic rings. The molecule has 0 radical (unpaired) electrons. The molecule has 2 N–H and O–H groups in total. The highest BCUT2D eigenvalue weighted by Gasteiger charge is 2.37. The van der Waals surface area contributed by atoms with Crippen molar-refractivity contribution in [1.29, 1.82) is 0 Å². The molecule has 2 aromatic heterocycles. The summed E-state index contributed by atoms with van der Waals surface area (Å²) < 4.78 is 29.7. The van der Waals surface area contributed by atoms with E-state index in [2.05, 4.69) is 21.9 Å². The van der Waals surface area contributed by atoms with Crippen molar-refractivity contribution in [2.24, 2.45) is 5.73 Å². The van der Waals surface area contributed by atoms with Gasteiger partial charge in [-0.2, -0.15) is 5.10 Å². The second kappa shape index (κ2) is 11.2. The first-order valence-corrected chi connectivity index (χ1v) is 14.6. The summed E-state index contributed by atoms with van der Waals surface area (Å²) in [6.45, 7) is 11.1. The average Bonchev–Trinajstić information content (AvgIpc) is 3.30. The zero-order valence-corrected chi connectivity index (χ0v) is 26.1. The predicted octanol–water partition coefficient (Wildman–Crippen LogP) is 4.76. The second-order valence-corrected chi connectivity index (χ2v) is 13.2. The first-order valence-electron chi connectivity index (χ1n) is 14.6. The molecule has 0 spiro atoms. The molecule has 2 fully saturated rings. The molecule has 0 unspecified atom stereocenters. The molecule has 5 rings (SSSR count). The molecule has 1 aliphatic carbocycles. The molecule has 1 saturated heterocycles.